The fraction of sp³-hybridized carbons (Fsp3) is 0.167. The molecule has 2 heterocycles. The van der Waals surface area contributed by atoms with E-state index in [0.29, 0.717) is 5.56 Å². The molecule has 0 saturated carbocycles. The summed E-state index contributed by atoms with van der Waals surface area (Å²) in [5.41, 5.74) is 7.20. The topological polar surface area (TPSA) is 71.8 Å². The van der Waals surface area contributed by atoms with Crippen molar-refractivity contribution in [2.45, 2.75) is 26.8 Å². The lowest BCUT2D eigenvalue weighted by atomic mass is 10.1. The number of hydrogen-bond acceptors (Lipinski definition) is 4. The molecule has 3 aromatic carbocycles. The zero-order valence-electron chi connectivity index (χ0n) is 20.5. The van der Waals surface area contributed by atoms with Gasteiger partial charge in [-0.1, -0.05) is 60.7 Å². The number of nitrogens with zero attached hydrogens (tertiary/aromatic N) is 3. The summed E-state index contributed by atoms with van der Waals surface area (Å²) in [7, 11) is 0. The van der Waals surface area contributed by atoms with E-state index in [1.807, 2.05) is 48.5 Å². The fourth-order valence-corrected chi connectivity index (χ4v) is 4.43. The molecule has 0 bridgehead atoms. The van der Waals surface area contributed by atoms with Crippen LogP contribution in [-0.2, 0) is 13.0 Å². The average Bonchev–Trinajstić information content (AvgIpc) is 3.16. The van der Waals surface area contributed by atoms with Crippen LogP contribution in [0.5, 0.6) is 0 Å². The highest BCUT2D eigenvalue weighted by atomic mass is 16.1. The highest BCUT2D eigenvalue weighted by Gasteiger charge is 2.16. The minimum atomic E-state index is -0.109. The van der Waals surface area contributed by atoms with Crippen molar-refractivity contribution < 1.29 is 4.79 Å². The van der Waals surface area contributed by atoms with Crippen molar-refractivity contribution >= 4 is 28.4 Å². The number of aryl methyl sites for hydroxylation is 1. The van der Waals surface area contributed by atoms with Crippen molar-refractivity contribution in [2.75, 3.05) is 17.2 Å². The third-order valence-corrected chi connectivity index (χ3v) is 6.54. The van der Waals surface area contributed by atoms with Crippen molar-refractivity contribution in [3.63, 3.8) is 0 Å². The molecule has 0 radical (unpaired) electrons. The standard InChI is InChI=1S/C30H29N5O/c1-21-22(2)35(19-24-9-5-3-6-10-24)29-27(21)28(32-20-33-29)31-18-17-23-13-15-26(16-14-23)34-30(36)25-11-7-4-8-12-25/h3-16,20H,17-19H2,1-2H3,(H,34,36)(H,31,32,33). The second kappa shape index (κ2) is 10.4. The monoisotopic (exact) mass is 475 g/mol. The van der Waals surface area contributed by atoms with Crippen LogP contribution in [0.4, 0.5) is 11.5 Å². The molecule has 0 aliphatic heterocycles. The van der Waals surface area contributed by atoms with Gasteiger partial charge in [0, 0.05) is 30.0 Å². The normalized spacial score (nSPS) is 10.9. The van der Waals surface area contributed by atoms with Crippen LogP contribution in [0.1, 0.15) is 32.7 Å². The molecule has 180 valence electrons. The summed E-state index contributed by atoms with van der Waals surface area (Å²) in [6.45, 7) is 5.79. The first-order valence-corrected chi connectivity index (χ1v) is 12.1. The molecular formula is C30H29N5O. The van der Waals surface area contributed by atoms with Crippen LogP contribution in [-0.4, -0.2) is 27.0 Å². The first-order valence-electron chi connectivity index (χ1n) is 12.1. The molecule has 5 aromatic rings. The molecule has 1 amide bonds. The van der Waals surface area contributed by atoms with Crippen LogP contribution in [0.2, 0.25) is 0 Å². The SMILES string of the molecule is Cc1c(C)n(Cc2ccccc2)c2ncnc(NCCc3ccc(NC(=O)c4ccccc4)cc3)c12. The van der Waals surface area contributed by atoms with Gasteiger partial charge in [0.25, 0.3) is 5.91 Å². The summed E-state index contributed by atoms with van der Waals surface area (Å²) in [6.07, 6.45) is 2.47. The number of carbonyl (C=O) groups excluding carboxylic acids is 1. The Morgan fingerprint density at radius 1 is 0.833 bits per heavy atom. The summed E-state index contributed by atoms with van der Waals surface area (Å²) in [5, 5.41) is 7.53. The van der Waals surface area contributed by atoms with E-state index in [-0.39, 0.29) is 5.91 Å². The third kappa shape index (κ3) is 4.98. The molecule has 0 aliphatic rings. The molecule has 2 N–H and O–H groups in total. The Kier molecular flexibility index (Phi) is 6.76. The van der Waals surface area contributed by atoms with Crippen LogP contribution < -0.4 is 10.6 Å². The summed E-state index contributed by atoms with van der Waals surface area (Å²) < 4.78 is 2.26. The van der Waals surface area contributed by atoms with Gasteiger partial charge < -0.3 is 15.2 Å². The Hall–Kier alpha value is -4.45. The smallest absolute Gasteiger partial charge is 0.255 e. The molecule has 0 atom stereocenters. The highest BCUT2D eigenvalue weighted by molar-refractivity contribution is 6.04. The minimum Gasteiger partial charge on any atom is -0.369 e. The quantitative estimate of drug-likeness (QED) is 0.289. The van der Waals surface area contributed by atoms with E-state index in [9.17, 15) is 4.79 Å². The van der Waals surface area contributed by atoms with E-state index in [1.165, 1.54) is 22.4 Å². The number of amides is 1. The van der Waals surface area contributed by atoms with Crippen molar-refractivity contribution in [3.05, 3.63) is 119 Å². The number of rotatable bonds is 8. The predicted octanol–water partition coefficient (Wildman–Crippen LogP) is 6.00. The lowest BCUT2D eigenvalue weighted by Crippen LogP contribution is -2.11. The van der Waals surface area contributed by atoms with Gasteiger partial charge in [0.2, 0.25) is 0 Å². The Morgan fingerprint density at radius 2 is 1.53 bits per heavy atom. The molecule has 36 heavy (non-hydrogen) atoms. The van der Waals surface area contributed by atoms with Crippen LogP contribution in [0.25, 0.3) is 11.0 Å². The van der Waals surface area contributed by atoms with Crippen molar-refractivity contribution in [1.82, 2.24) is 14.5 Å². The summed E-state index contributed by atoms with van der Waals surface area (Å²) in [4.78, 5) is 21.5. The summed E-state index contributed by atoms with van der Waals surface area (Å²) in [5.74, 6) is 0.752. The molecule has 0 fully saturated rings. The van der Waals surface area contributed by atoms with Gasteiger partial charge in [-0.05, 0) is 61.2 Å². The van der Waals surface area contributed by atoms with Gasteiger partial charge in [-0.15, -0.1) is 0 Å². The predicted molar refractivity (Wildman–Crippen MR) is 146 cm³/mol. The van der Waals surface area contributed by atoms with Crippen molar-refractivity contribution in [1.29, 1.82) is 0 Å². The average molecular weight is 476 g/mol. The lowest BCUT2D eigenvalue weighted by Gasteiger charge is -2.10. The van der Waals surface area contributed by atoms with E-state index >= 15 is 0 Å². The molecule has 0 spiro atoms. The van der Waals surface area contributed by atoms with Gasteiger partial charge in [-0.2, -0.15) is 0 Å². The molecule has 0 unspecified atom stereocenters. The summed E-state index contributed by atoms with van der Waals surface area (Å²) in [6, 6.07) is 27.6. The number of benzene rings is 3. The van der Waals surface area contributed by atoms with E-state index in [0.717, 1.165) is 42.0 Å². The van der Waals surface area contributed by atoms with E-state index in [2.05, 4.69) is 63.3 Å². The Bertz CT molecular complexity index is 1480. The van der Waals surface area contributed by atoms with E-state index in [4.69, 9.17) is 0 Å². The van der Waals surface area contributed by atoms with Crippen LogP contribution in [0.15, 0.2) is 91.3 Å². The fourth-order valence-electron chi connectivity index (χ4n) is 4.43. The molecule has 2 aromatic heterocycles. The van der Waals surface area contributed by atoms with Crippen LogP contribution >= 0.6 is 0 Å². The third-order valence-electron chi connectivity index (χ3n) is 6.54. The van der Waals surface area contributed by atoms with Gasteiger partial charge in [0.15, 0.2) is 0 Å². The Morgan fingerprint density at radius 3 is 2.25 bits per heavy atom. The van der Waals surface area contributed by atoms with E-state index < -0.39 is 0 Å². The maximum Gasteiger partial charge on any atom is 0.255 e. The van der Waals surface area contributed by atoms with Gasteiger partial charge in [0.05, 0.1) is 5.39 Å². The summed E-state index contributed by atoms with van der Waals surface area (Å²) >= 11 is 0. The maximum absolute atomic E-state index is 12.4. The number of nitrogens with one attached hydrogen (secondary N) is 2. The van der Waals surface area contributed by atoms with Gasteiger partial charge in [0.1, 0.15) is 17.8 Å². The number of anilines is 2. The largest absolute Gasteiger partial charge is 0.369 e. The minimum absolute atomic E-state index is 0.109. The Balaban J connectivity index is 1.25. The second-order valence-electron chi connectivity index (χ2n) is 8.90. The van der Waals surface area contributed by atoms with Gasteiger partial charge in [-0.25, -0.2) is 9.97 Å². The molecule has 0 saturated heterocycles. The maximum atomic E-state index is 12.4. The highest BCUT2D eigenvalue weighted by Crippen LogP contribution is 2.29. The first-order chi connectivity index (χ1) is 17.6. The lowest BCUT2D eigenvalue weighted by molar-refractivity contribution is 0.102. The van der Waals surface area contributed by atoms with E-state index in [1.54, 1.807) is 18.5 Å². The zero-order valence-corrected chi connectivity index (χ0v) is 20.5. The van der Waals surface area contributed by atoms with Crippen molar-refractivity contribution in [2.24, 2.45) is 0 Å². The number of hydrogen-bond donors (Lipinski definition) is 2. The molecule has 6 nitrogen and oxygen atoms in total. The molecule has 5 rings (SSSR count). The number of aromatic nitrogens is 3. The zero-order chi connectivity index (χ0) is 24.9. The van der Waals surface area contributed by atoms with Gasteiger partial charge >= 0.3 is 0 Å². The number of fused-ring (bicyclic) bond motifs is 1. The van der Waals surface area contributed by atoms with Gasteiger partial charge in [-0.3, -0.25) is 4.79 Å². The first kappa shape index (κ1) is 23.3. The number of carbonyl (C=O) groups is 1. The van der Waals surface area contributed by atoms with Crippen LogP contribution in [0.3, 0.4) is 0 Å². The molecular weight excluding hydrogens is 446 g/mol. The Labute approximate surface area is 211 Å². The van der Waals surface area contributed by atoms with Crippen LogP contribution in [0, 0.1) is 13.8 Å². The van der Waals surface area contributed by atoms with Crippen molar-refractivity contribution in [3.8, 4) is 0 Å². The molecule has 0 aliphatic carbocycles. The molecule has 6 heteroatoms. The second-order valence-corrected chi connectivity index (χ2v) is 8.90.